The molecule has 0 spiro atoms. The van der Waals surface area contributed by atoms with E-state index < -0.39 is 6.03 Å². The molecule has 0 aliphatic heterocycles. The van der Waals surface area contributed by atoms with Crippen LogP contribution in [0.4, 0.5) is 14.9 Å². The first-order valence-electron chi connectivity index (χ1n) is 3.81. The summed E-state index contributed by atoms with van der Waals surface area (Å²) in [5.41, 5.74) is 6.13. The van der Waals surface area contributed by atoms with E-state index >= 15 is 0 Å². The van der Waals surface area contributed by atoms with E-state index in [1.807, 2.05) is 0 Å². The van der Waals surface area contributed by atoms with Crippen molar-refractivity contribution in [1.29, 1.82) is 0 Å². The van der Waals surface area contributed by atoms with Crippen LogP contribution in [0.15, 0.2) is 18.2 Å². The summed E-state index contributed by atoms with van der Waals surface area (Å²) in [5, 5.41) is 0. The first-order chi connectivity index (χ1) is 6.02. The number of nitrogens with two attached hydrogens (primary N) is 1. The lowest BCUT2D eigenvalue weighted by Gasteiger charge is -2.14. The summed E-state index contributed by atoms with van der Waals surface area (Å²) < 4.78 is 12.8. The standard InChI is InChI=1S/C9H11FN2O/c1-6-5-7(3-4-8(6)10)12(2)9(11)13/h3-5H,1-2H3,(H2,11,13). The third kappa shape index (κ3) is 1.96. The van der Waals surface area contributed by atoms with Crippen molar-refractivity contribution in [3.05, 3.63) is 29.6 Å². The van der Waals surface area contributed by atoms with Gasteiger partial charge in [-0.05, 0) is 30.7 Å². The van der Waals surface area contributed by atoms with Gasteiger partial charge in [-0.3, -0.25) is 4.90 Å². The Bertz CT molecular complexity index is 338. The average molecular weight is 182 g/mol. The van der Waals surface area contributed by atoms with Gasteiger partial charge in [-0.25, -0.2) is 9.18 Å². The number of carbonyl (C=O) groups is 1. The van der Waals surface area contributed by atoms with Gasteiger partial charge in [0.1, 0.15) is 5.82 Å². The van der Waals surface area contributed by atoms with Crippen LogP contribution < -0.4 is 10.6 Å². The zero-order valence-corrected chi connectivity index (χ0v) is 7.54. The molecule has 0 saturated carbocycles. The zero-order valence-electron chi connectivity index (χ0n) is 7.54. The van der Waals surface area contributed by atoms with Gasteiger partial charge in [-0.15, -0.1) is 0 Å². The molecule has 2 N–H and O–H groups in total. The summed E-state index contributed by atoms with van der Waals surface area (Å²) in [5.74, 6) is -0.290. The number of primary amides is 1. The Morgan fingerprint density at radius 2 is 2.15 bits per heavy atom. The Labute approximate surface area is 76.0 Å². The van der Waals surface area contributed by atoms with E-state index in [4.69, 9.17) is 5.73 Å². The number of nitrogens with zero attached hydrogens (tertiary/aromatic N) is 1. The maximum atomic E-state index is 12.8. The second kappa shape index (κ2) is 3.43. The molecule has 1 rings (SSSR count). The van der Waals surface area contributed by atoms with Gasteiger partial charge in [0.25, 0.3) is 0 Å². The number of aryl methyl sites for hydroxylation is 1. The molecule has 0 aliphatic rings. The highest BCUT2D eigenvalue weighted by atomic mass is 19.1. The molecule has 0 bridgehead atoms. The second-order valence-electron chi connectivity index (χ2n) is 2.83. The van der Waals surface area contributed by atoms with Crippen LogP contribution >= 0.6 is 0 Å². The van der Waals surface area contributed by atoms with Crippen molar-refractivity contribution in [2.24, 2.45) is 5.73 Å². The first kappa shape index (κ1) is 9.51. The molecule has 3 nitrogen and oxygen atoms in total. The quantitative estimate of drug-likeness (QED) is 0.705. The molecule has 0 aromatic heterocycles. The third-order valence-electron chi connectivity index (χ3n) is 1.86. The topological polar surface area (TPSA) is 46.3 Å². The summed E-state index contributed by atoms with van der Waals surface area (Å²) in [7, 11) is 1.54. The first-order valence-corrected chi connectivity index (χ1v) is 3.81. The van der Waals surface area contributed by atoms with E-state index in [-0.39, 0.29) is 5.82 Å². The highest BCUT2D eigenvalue weighted by Gasteiger charge is 2.07. The van der Waals surface area contributed by atoms with Crippen molar-refractivity contribution >= 4 is 11.7 Å². The van der Waals surface area contributed by atoms with Crippen LogP contribution in [0.3, 0.4) is 0 Å². The molecule has 0 aliphatic carbocycles. The van der Waals surface area contributed by atoms with Gasteiger partial charge in [0.2, 0.25) is 0 Å². The fraction of sp³-hybridized carbons (Fsp3) is 0.222. The van der Waals surface area contributed by atoms with E-state index in [1.54, 1.807) is 13.0 Å². The smallest absolute Gasteiger partial charge is 0.318 e. The minimum atomic E-state index is -0.564. The predicted molar refractivity (Wildman–Crippen MR) is 49.1 cm³/mol. The molecule has 1 aromatic carbocycles. The van der Waals surface area contributed by atoms with Crippen molar-refractivity contribution < 1.29 is 9.18 Å². The fourth-order valence-electron chi connectivity index (χ4n) is 0.965. The molecular formula is C9H11FN2O. The minimum absolute atomic E-state index is 0.290. The summed E-state index contributed by atoms with van der Waals surface area (Å²) >= 11 is 0. The van der Waals surface area contributed by atoms with Crippen LogP contribution in [-0.2, 0) is 0 Å². The van der Waals surface area contributed by atoms with Gasteiger partial charge in [-0.1, -0.05) is 0 Å². The molecule has 1 aromatic rings. The molecule has 2 amide bonds. The normalized spacial score (nSPS) is 9.77. The predicted octanol–water partition coefficient (Wildman–Crippen LogP) is 1.65. The summed E-state index contributed by atoms with van der Waals surface area (Å²) in [6.45, 7) is 1.63. The summed E-state index contributed by atoms with van der Waals surface area (Å²) in [4.78, 5) is 12.0. The Balaban J connectivity index is 3.03. The lowest BCUT2D eigenvalue weighted by Crippen LogP contribution is -2.31. The van der Waals surface area contributed by atoms with Crippen molar-refractivity contribution in [3.63, 3.8) is 0 Å². The molecule has 4 heteroatoms. The van der Waals surface area contributed by atoms with Crippen LogP contribution in [0.5, 0.6) is 0 Å². The monoisotopic (exact) mass is 182 g/mol. The molecule has 0 fully saturated rings. The Morgan fingerprint density at radius 3 is 2.62 bits per heavy atom. The molecule has 13 heavy (non-hydrogen) atoms. The van der Waals surface area contributed by atoms with Crippen molar-refractivity contribution in [3.8, 4) is 0 Å². The molecule has 0 radical (unpaired) electrons. The number of amides is 2. The van der Waals surface area contributed by atoms with Gasteiger partial charge in [0, 0.05) is 12.7 Å². The number of halogens is 1. The Morgan fingerprint density at radius 1 is 1.54 bits per heavy atom. The van der Waals surface area contributed by atoms with Crippen molar-refractivity contribution in [1.82, 2.24) is 0 Å². The molecule has 70 valence electrons. The van der Waals surface area contributed by atoms with E-state index in [2.05, 4.69) is 0 Å². The van der Waals surface area contributed by atoms with E-state index in [0.717, 1.165) is 0 Å². The van der Waals surface area contributed by atoms with Crippen LogP contribution in [-0.4, -0.2) is 13.1 Å². The number of hydrogen-bond acceptors (Lipinski definition) is 1. The molecule has 0 saturated heterocycles. The number of rotatable bonds is 1. The van der Waals surface area contributed by atoms with Crippen molar-refractivity contribution in [2.45, 2.75) is 6.92 Å². The van der Waals surface area contributed by atoms with Crippen molar-refractivity contribution in [2.75, 3.05) is 11.9 Å². The molecular weight excluding hydrogens is 171 g/mol. The minimum Gasteiger partial charge on any atom is -0.351 e. The maximum Gasteiger partial charge on any atom is 0.318 e. The lowest BCUT2D eigenvalue weighted by molar-refractivity contribution is 0.255. The van der Waals surface area contributed by atoms with Gasteiger partial charge >= 0.3 is 6.03 Å². The van der Waals surface area contributed by atoms with Crippen LogP contribution in [0.1, 0.15) is 5.56 Å². The molecule has 0 heterocycles. The molecule has 0 unspecified atom stereocenters. The number of carbonyl (C=O) groups excluding carboxylic acids is 1. The summed E-state index contributed by atoms with van der Waals surface area (Å²) in [6.07, 6.45) is 0. The number of urea groups is 1. The van der Waals surface area contributed by atoms with Gasteiger partial charge < -0.3 is 5.73 Å². The maximum absolute atomic E-state index is 12.8. The van der Waals surface area contributed by atoms with E-state index in [9.17, 15) is 9.18 Å². The van der Waals surface area contributed by atoms with E-state index in [0.29, 0.717) is 11.3 Å². The highest BCUT2D eigenvalue weighted by Crippen LogP contribution is 2.16. The van der Waals surface area contributed by atoms with Crippen LogP contribution in [0.2, 0.25) is 0 Å². The highest BCUT2D eigenvalue weighted by molar-refractivity contribution is 5.90. The van der Waals surface area contributed by atoms with Crippen LogP contribution in [0.25, 0.3) is 0 Å². The Hall–Kier alpha value is -1.58. The van der Waals surface area contributed by atoms with Crippen LogP contribution in [0, 0.1) is 12.7 Å². The molecule has 0 atom stereocenters. The largest absolute Gasteiger partial charge is 0.351 e. The SMILES string of the molecule is Cc1cc(N(C)C(N)=O)ccc1F. The number of hydrogen-bond donors (Lipinski definition) is 1. The number of anilines is 1. The second-order valence-corrected chi connectivity index (χ2v) is 2.83. The van der Waals surface area contributed by atoms with Gasteiger partial charge in [0.15, 0.2) is 0 Å². The average Bonchev–Trinajstić information content (AvgIpc) is 2.08. The zero-order chi connectivity index (χ0) is 10.0. The number of benzene rings is 1. The van der Waals surface area contributed by atoms with E-state index in [1.165, 1.54) is 24.1 Å². The van der Waals surface area contributed by atoms with Gasteiger partial charge in [0.05, 0.1) is 0 Å². The fourth-order valence-corrected chi connectivity index (χ4v) is 0.965. The Kier molecular flexibility index (Phi) is 2.51. The summed E-state index contributed by atoms with van der Waals surface area (Å²) in [6, 6.07) is 3.82. The van der Waals surface area contributed by atoms with Gasteiger partial charge in [-0.2, -0.15) is 0 Å². The third-order valence-corrected chi connectivity index (χ3v) is 1.86. The lowest BCUT2D eigenvalue weighted by atomic mass is 10.2.